The second kappa shape index (κ2) is 8.84. The topological polar surface area (TPSA) is 76.2 Å². The lowest BCUT2D eigenvalue weighted by Gasteiger charge is -2.34. The fourth-order valence-corrected chi connectivity index (χ4v) is 4.44. The Hall–Kier alpha value is -2.57. The van der Waals surface area contributed by atoms with Gasteiger partial charge in [0.25, 0.3) is 0 Å². The maximum atomic E-state index is 13.4. The van der Waals surface area contributed by atoms with E-state index >= 15 is 0 Å². The highest BCUT2D eigenvalue weighted by molar-refractivity contribution is 5.95. The van der Waals surface area contributed by atoms with Crippen molar-refractivity contribution in [3.05, 3.63) is 35.9 Å². The lowest BCUT2D eigenvalue weighted by Crippen LogP contribution is -2.55. The molecule has 0 saturated carbocycles. The van der Waals surface area contributed by atoms with Crippen LogP contribution >= 0.6 is 0 Å². The Balaban J connectivity index is 1.73. The lowest BCUT2D eigenvalue weighted by atomic mass is 9.94. The Morgan fingerprint density at radius 3 is 2.52 bits per heavy atom. The molecule has 2 saturated heterocycles. The van der Waals surface area contributed by atoms with Crippen molar-refractivity contribution in [1.82, 2.24) is 9.80 Å². The number of amides is 2. The maximum Gasteiger partial charge on any atom is 0.411 e. The van der Waals surface area contributed by atoms with Crippen LogP contribution in [0.5, 0.6) is 0 Å². The highest BCUT2D eigenvalue weighted by Gasteiger charge is 2.57. The minimum Gasteiger partial charge on any atom is -0.467 e. The molecular formula is C22H30N2O5. The predicted molar refractivity (Wildman–Crippen MR) is 107 cm³/mol. The van der Waals surface area contributed by atoms with Gasteiger partial charge >= 0.3 is 12.1 Å². The van der Waals surface area contributed by atoms with Crippen molar-refractivity contribution in [2.45, 2.75) is 57.7 Å². The molecule has 2 atom stereocenters. The van der Waals surface area contributed by atoms with E-state index in [1.807, 2.05) is 44.2 Å². The van der Waals surface area contributed by atoms with E-state index in [0.717, 1.165) is 12.0 Å². The molecule has 2 heterocycles. The smallest absolute Gasteiger partial charge is 0.411 e. The largest absolute Gasteiger partial charge is 0.467 e. The number of nitrogens with zero attached hydrogens (tertiary/aromatic N) is 2. The van der Waals surface area contributed by atoms with E-state index in [-0.39, 0.29) is 18.4 Å². The first-order chi connectivity index (χ1) is 13.9. The van der Waals surface area contributed by atoms with Gasteiger partial charge < -0.3 is 14.4 Å². The Morgan fingerprint density at radius 2 is 1.86 bits per heavy atom. The van der Waals surface area contributed by atoms with Crippen LogP contribution in [0.2, 0.25) is 0 Å². The number of hydrogen-bond acceptors (Lipinski definition) is 5. The van der Waals surface area contributed by atoms with Crippen LogP contribution in [0.3, 0.4) is 0 Å². The zero-order valence-corrected chi connectivity index (χ0v) is 17.4. The SMILES string of the molecule is COC(=O)[C@H](CC(C)C)N1CC[C@]2(CCCN2C(=O)OCc2ccccc2)C1=O. The van der Waals surface area contributed by atoms with Gasteiger partial charge in [0, 0.05) is 13.1 Å². The van der Waals surface area contributed by atoms with Gasteiger partial charge in [0.15, 0.2) is 0 Å². The summed E-state index contributed by atoms with van der Waals surface area (Å²) in [7, 11) is 1.34. The summed E-state index contributed by atoms with van der Waals surface area (Å²) in [6.45, 7) is 5.11. The molecule has 0 bridgehead atoms. The number of methoxy groups -OCH3 is 1. The summed E-state index contributed by atoms with van der Waals surface area (Å²) in [5.41, 5.74) is -0.00651. The average molecular weight is 402 g/mol. The van der Waals surface area contributed by atoms with E-state index < -0.39 is 23.6 Å². The number of esters is 1. The van der Waals surface area contributed by atoms with Crippen LogP contribution in [-0.2, 0) is 25.7 Å². The molecule has 7 nitrogen and oxygen atoms in total. The second-order valence-corrected chi connectivity index (χ2v) is 8.24. The van der Waals surface area contributed by atoms with Crippen molar-refractivity contribution in [3.63, 3.8) is 0 Å². The molecule has 3 rings (SSSR count). The van der Waals surface area contributed by atoms with Crippen LogP contribution in [-0.4, -0.2) is 59.5 Å². The molecule has 1 spiro atoms. The van der Waals surface area contributed by atoms with Crippen LogP contribution in [0.1, 0.15) is 45.1 Å². The fourth-order valence-electron chi connectivity index (χ4n) is 4.44. The van der Waals surface area contributed by atoms with Gasteiger partial charge in [-0.25, -0.2) is 9.59 Å². The molecular weight excluding hydrogens is 372 g/mol. The molecule has 1 aromatic carbocycles. The third-order valence-corrected chi connectivity index (χ3v) is 5.88. The first-order valence-electron chi connectivity index (χ1n) is 10.3. The molecule has 0 unspecified atom stereocenters. The quantitative estimate of drug-likeness (QED) is 0.684. The molecule has 158 valence electrons. The van der Waals surface area contributed by atoms with Crippen LogP contribution in [0.4, 0.5) is 4.79 Å². The minimum absolute atomic E-state index is 0.164. The molecule has 7 heteroatoms. The standard InChI is InChI=1S/C22H30N2O5/c1-16(2)14-18(19(25)28-3)23-13-11-22(20(23)26)10-7-12-24(22)21(27)29-15-17-8-5-4-6-9-17/h4-6,8-9,16,18H,7,10-15H2,1-3H3/t18-,22+/m0/s1. The van der Waals surface area contributed by atoms with Crippen molar-refractivity contribution in [3.8, 4) is 0 Å². The summed E-state index contributed by atoms with van der Waals surface area (Å²) in [5, 5.41) is 0. The van der Waals surface area contributed by atoms with Crippen molar-refractivity contribution < 1.29 is 23.9 Å². The number of carbonyl (C=O) groups is 3. The molecule has 0 aliphatic carbocycles. The zero-order chi connectivity index (χ0) is 21.0. The number of carbonyl (C=O) groups excluding carboxylic acids is 3. The van der Waals surface area contributed by atoms with E-state index in [2.05, 4.69) is 0 Å². The summed E-state index contributed by atoms with van der Waals surface area (Å²) in [6, 6.07) is 8.85. The number of rotatable bonds is 6. The van der Waals surface area contributed by atoms with Crippen LogP contribution in [0.15, 0.2) is 30.3 Å². The molecule has 0 aromatic heterocycles. The van der Waals surface area contributed by atoms with E-state index in [1.54, 1.807) is 9.80 Å². The summed E-state index contributed by atoms with van der Waals surface area (Å²) in [5.74, 6) is -0.331. The third-order valence-electron chi connectivity index (χ3n) is 5.88. The van der Waals surface area contributed by atoms with E-state index in [1.165, 1.54) is 7.11 Å². The second-order valence-electron chi connectivity index (χ2n) is 8.24. The van der Waals surface area contributed by atoms with Gasteiger partial charge in [-0.1, -0.05) is 44.2 Å². The molecule has 0 N–H and O–H groups in total. The predicted octanol–water partition coefficient (Wildman–Crippen LogP) is 2.98. The molecule has 2 aliphatic heterocycles. The Bertz CT molecular complexity index is 751. The van der Waals surface area contributed by atoms with Crippen LogP contribution in [0, 0.1) is 5.92 Å². The highest BCUT2D eigenvalue weighted by atomic mass is 16.6. The van der Waals surface area contributed by atoms with Crippen LogP contribution in [0.25, 0.3) is 0 Å². The molecule has 0 radical (unpaired) electrons. The lowest BCUT2D eigenvalue weighted by molar-refractivity contribution is -0.154. The molecule has 2 fully saturated rings. The molecule has 29 heavy (non-hydrogen) atoms. The summed E-state index contributed by atoms with van der Waals surface area (Å²) in [6.07, 6.45) is 1.91. The Morgan fingerprint density at radius 1 is 1.14 bits per heavy atom. The number of likely N-dealkylation sites (tertiary alicyclic amines) is 2. The number of ether oxygens (including phenoxy) is 2. The molecule has 2 aliphatic rings. The van der Waals surface area contributed by atoms with Gasteiger partial charge in [-0.15, -0.1) is 0 Å². The van der Waals surface area contributed by atoms with Crippen molar-refractivity contribution in [2.75, 3.05) is 20.2 Å². The summed E-state index contributed by atoms with van der Waals surface area (Å²) >= 11 is 0. The van der Waals surface area contributed by atoms with E-state index in [0.29, 0.717) is 32.4 Å². The summed E-state index contributed by atoms with van der Waals surface area (Å²) in [4.78, 5) is 41.8. The average Bonchev–Trinajstić information content (AvgIpc) is 3.29. The molecule has 2 amide bonds. The van der Waals surface area contributed by atoms with Gasteiger partial charge in [0.05, 0.1) is 7.11 Å². The minimum atomic E-state index is -0.906. The third kappa shape index (κ3) is 4.23. The first-order valence-corrected chi connectivity index (χ1v) is 10.3. The maximum absolute atomic E-state index is 13.4. The zero-order valence-electron chi connectivity index (χ0n) is 17.4. The molecule has 1 aromatic rings. The van der Waals surface area contributed by atoms with Crippen molar-refractivity contribution >= 4 is 18.0 Å². The Kier molecular flexibility index (Phi) is 6.45. The monoisotopic (exact) mass is 402 g/mol. The fraction of sp³-hybridized carbons (Fsp3) is 0.591. The highest BCUT2D eigenvalue weighted by Crippen LogP contribution is 2.40. The van der Waals surface area contributed by atoms with Gasteiger partial charge in [-0.2, -0.15) is 0 Å². The van der Waals surface area contributed by atoms with Gasteiger partial charge in [-0.05, 0) is 37.2 Å². The van der Waals surface area contributed by atoms with E-state index in [4.69, 9.17) is 9.47 Å². The van der Waals surface area contributed by atoms with Crippen LogP contribution < -0.4 is 0 Å². The van der Waals surface area contributed by atoms with Crippen molar-refractivity contribution in [1.29, 1.82) is 0 Å². The normalized spacial score (nSPS) is 22.4. The number of benzene rings is 1. The van der Waals surface area contributed by atoms with Gasteiger partial charge in [0.1, 0.15) is 18.2 Å². The van der Waals surface area contributed by atoms with E-state index in [9.17, 15) is 14.4 Å². The van der Waals surface area contributed by atoms with Gasteiger partial charge in [0.2, 0.25) is 5.91 Å². The first kappa shape index (κ1) is 21.1. The number of hydrogen-bond donors (Lipinski definition) is 0. The van der Waals surface area contributed by atoms with Crippen molar-refractivity contribution in [2.24, 2.45) is 5.92 Å². The van der Waals surface area contributed by atoms with Gasteiger partial charge in [-0.3, -0.25) is 9.69 Å². The summed E-state index contributed by atoms with van der Waals surface area (Å²) < 4.78 is 10.4. The Labute approximate surface area is 171 Å².